The van der Waals surface area contributed by atoms with Gasteiger partial charge in [-0.05, 0) is 141 Å². The molecule has 0 amide bonds. The summed E-state index contributed by atoms with van der Waals surface area (Å²) < 4.78 is 12.4. The largest absolute Gasteiger partial charge is 0.456 e. The standard InChI is InChI=1S/C59H38N2O2/c1-2-17-44-43(16-1)48-21-11-20-47-42(28-29-49(44)58(47)48)38-14-9-12-36(32-38)37-13-10-15-41(33-37)59-60-52(39-26-30-56-50(34-39)45-18-3-7-24-54(45)62-56)22-5-6-23-53(61-59)40-27-31-57-51(35-40)46-19-4-8-25-55(46)63-57/h1-4,7-22,24-35H,5-6,23H2/b52-22-,60-59-,61-53+. The molecule has 2 aliphatic rings. The van der Waals surface area contributed by atoms with E-state index in [4.69, 9.17) is 18.8 Å². The lowest BCUT2D eigenvalue weighted by atomic mass is 9.92. The van der Waals surface area contributed by atoms with E-state index in [2.05, 4.69) is 170 Å². The molecule has 1 aliphatic heterocycles. The number of amidine groups is 1. The summed E-state index contributed by atoms with van der Waals surface area (Å²) in [4.78, 5) is 11.0. The molecule has 0 saturated carbocycles. The molecule has 11 aromatic rings. The van der Waals surface area contributed by atoms with Gasteiger partial charge in [0.1, 0.15) is 22.3 Å². The van der Waals surface area contributed by atoms with E-state index in [9.17, 15) is 0 Å². The van der Waals surface area contributed by atoms with Crippen molar-refractivity contribution in [2.75, 3.05) is 0 Å². The van der Waals surface area contributed by atoms with Crippen molar-refractivity contribution >= 4 is 71.9 Å². The van der Waals surface area contributed by atoms with Crippen LogP contribution in [0.1, 0.15) is 36.0 Å². The summed E-state index contributed by atoms with van der Waals surface area (Å²) in [6.07, 6.45) is 4.87. The van der Waals surface area contributed by atoms with Crippen LogP contribution in [-0.2, 0) is 0 Å². The number of para-hydroxylation sites is 2. The molecule has 0 bridgehead atoms. The van der Waals surface area contributed by atoms with Gasteiger partial charge in [0.2, 0.25) is 0 Å². The SMILES string of the molecule is C1=C(c2ccc3oc4ccccc4c3c2)/N=C(c2cccc(-c3cccc(-c4ccc5c6c(cccc46)-c4ccccc4-5)c3)c2)\N=C(\c2ccc3oc4ccccc4c3c2)CCC\1. The maximum atomic E-state index is 6.23. The summed E-state index contributed by atoms with van der Waals surface area (Å²) in [5.74, 6) is 0.678. The first kappa shape index (κ1) is 35.7. The fraction of sp³-hybridized carbons (Fsp3) is 0.0508. The molecule has 0 unspecified atom stereocenters. The summed E-state index contributed by atoms with van der Waals surface area (Å²) in [6, 6.07) is 67.1. The molecule has 9 aromatic carbocycles. The molecule has 0 saturated heterocycles. The van der Waals surface area contributed by atoms with Crippen LogP contribution in [0.3, 0.4) is 0 Å². The molecule has 4 heteroatoms. The minimum atomic E-state index is 0.678. The number of rotatable bonds is 5. The molecular weight excluding hydrogens is 769 g/mol. The molecule has 4 nitrogen and oxygen atoms in total. The summed E-state index contributed by atoms with van der Waals surface area (Å²) in [7, 11) is 0. The zero-order valence-corrected chi connectivity index (χ0v) is 34.3. The second-order valence-electron chi connectivity index (χ2n) is 16.7. The molecule has 1 aliphatic carbocycles. The predicted molar refractivity (Wildman–Crippen MR) is 262 cm³/mol. The summed E-state index contributed by atoms with van der Waals surface area (Å²) in [5, 5.41) is 6.99. The second kappa shape index (κ2) is 14.3. The maximum Gasteiger partial charge on any atom is 0.160 e. The van der Waals surface area contributed by atoms with Gasteiger partial charge in [-0.25, -0.2) is 9.98 Å². The highest BCUT2D eigenvalue weighted by Crippen LogP contribution is 2.49. The topological polar surface area (TPSA) is 51.0 Å². The lowest BCUT2D eigenvalue weighted by molar-refractivity contribution is 0.668. The van der Waals surface area contributed by atoms with Crippen LogP contribution in [-0.4, -0.2) is 11.5 Å². The molecular formula is C59H38N2O2. The zero-order chi connectivity index (χ0) is 41.4. The van der Waals surface area contributed by atoms with Crippen LogP contribution in [0.5, 0.6) is 0 Å². The van der Waals surface area contributed by atoms with Crippen molar-refractivity contribution in [3.63, 3.8) is 0 Å². The third-order valence-corrected chi connectivity index (χ3v) is 13.0. The van der Waals surface area contributed by atoms with Gasteiger partial charge in [0.15, 0.2) is 5.84 Å². The van der Waals surface area contributed by atoms with E-state index in [0.29, 0.717) is 5.84 Å². The number of hydrogen-bond acceptors (Lipinski definition) is 4. The molecule has 0 atom stereocenters. The Morgan fingerprint density at radius 3 is 1.63 bits per heavy atom. The first-order valence-corrected chi connectivity index (χ1v) is 21.8. The van der Waals surface area contributed by atoms with Crippen LogP contribution in [0.15, 0.2) is 213 Å². The molecule has 296 valence electrons. The van der Waals surface area contributed by atoms with Crippen LogP contribution >= 0.6 is 0 Å². The van der Waals surface area contributed by atoms with Crippen LogP contribution in [0, 0.1) is 0 Å². The van der Waals surface area contributed by atoms with E-state index < -0.39 is 0 Å². The maximum absolute atomic E-state index is 6.23. The van der Waals surface area contributed by atoms with E-state index in [1.807, 2.05) is 24.3 Å². The van der Waals surface area contributed by atoms with Crippen LogP contribution < -0.4 is 0 Å². The molecule has 3 heterocycles. The summed E-state index contributed by atoms with van der Waals surface area (Å²) in [5.41, 5.74) is 18.4. The first-order valence-electron chi connectivity index (χ1n) is 21.8. The molecule has 0 radical (unpaired) electrons. The summed E-state index contributed by atoms with van der Waals surface area (Å²) in [6.45, 7) is 0. The van der Waals surface area contributed by atoms with Crippen LogP contribution in [0.2, 0.25) is 0 Å². The van der Waals surface area contributed by atoms with Gasteiger partial charge in [-0.2, -0.15) is 0 Å². The van der Waals surface area contributed by atoms with E-state index in [-0.39, 0.29) is 0 Å². The quantitative estimate of drug-likeness (QED) is 0.174. The van der Waals surface area contributed by atoms with Crippen molar-refractivity contribution in [2.24, 2.45) is 9.98 Å². The summed E-state index contributed by atoms with van der Waals surface area (Å²) >= 11 is 0. The fourth-order valence-corrected chi connectivity index (χ4v) is 9.95. The van der Waals surface area contributed by atoms with E-state index >= 15 is 0 Å². The highest BCUT2D eigenvalue weighted by Gasteiger charge is 2.23. The number of fused-ring (bicyclic) bond motifs is 9. The molecule has 2 aromatic heterocycles. The average molecular weight is 807 g/mol. The third kappa shape index (κ3) is 5.90. The number of nitrogens with zero attached hydrogens (tertiary/aromatic N) is 2. The van der Waals surface area contributed by atoms with Crippen molar-refractivity contribution in [2.45, 2.75) is 19.3 Å². The van der Waals surface area contributed by atoms with Gasteiger partial charge in [0.05, 0.1) is 11.4 Å². The first-order chi connectivity index (χ1) is 31.2. The number of furan rings is 2. The number of aliphatic imine (C=N–C) groups is 2. The lowest BCUT2D eigenvalue weighted by Crippen LogP contribution is -2.07. The number of allylic oxidation sites excluding steroid dienone is 1. The number of benzene rings is 9. The van der Waals surface area contributed by atoms with Crippen molar-refractivity contribution in [1.82, 2.24) is 0 Å². The average Bonchev–Trinajstić information content (AvgIpc) is 4.03. The molecule has 63 heavy (non-hydrogen) atoms. The predicted octanol–water partition coefficient (Wildman–Crippen LogP) is 16.1. The Morgan fingerprint density at radius 2 is 0.889 bits per heavy atom. The Labute approximate surface area is 363 Å². The van der Waals surface area contributed by atoms with Crippen molar-refractivity contribution in [1.29, 1.82) is 0 Å². The van der Waals surface area contributed by atoms with E-state index in [1.54, 1.807) is 0 Å². The highest BCUT2D eigenvalue weighted by molar-refractivity contribution is 6.19. The van der Waals surface area contributed by atoms with Gasteiger partial charge < -0.3 is 8.83 Å². The van der Waals surface area contributed by atoms with Crippen molar-refractivity contribution in [3.05, 3.63) is 211 Å². The minimum absolute atomic E-state index is 0.678. The van der Waals surface area contributed by atoms with Gasteiger partial charge in [-0.1, -0.05) is 133 Å². The monoisotopic (exact) mass is 806 g/mol. The molecule has 0 fully saturated rings. The minimum Gasteiger partial charge on any atom is -0.456 e. The molecule has 0 N–H and O–H groups in total. The lowest BCUT2D eigenvalue weighted by Gasteiger charge is -2.12. The van der Waals surface area contributed by atoms with Crippen LogP contribution in [0.4, 0.5) is 0 Å². The van der Waals surface area contributed by atoms with Gasteiger partial charge in [0, 0.05) is 32.7 Å². The third-order valence-electron chi connectivity index (χ3n) is 13.0. The van der Waals surface area contributed by atoms with Gasteiger partial charge in [0.25, 0.3) is 0 Å². The Kier molecular flexibility index (Phi) is 8.07. The Balaban J connectivity index is 0.943. The zero-order valence-electron chi connectivity index (χ0n) is 34.3. The number of hydrogen-bond donors (Lipinski definition) is 0. The van der Waals surface area contributed by atoms with Gasteiger partial charge in [-0.3, -0.25) is 0 Å². The van der Waals surface area contributed by atoms with Crippen molar-refractivity contribution in [3.8, 4) is 44.5 Å². The van der Waals surface area contributed by atoms with Crippen molar-refractivity contribution < 1.29 is 8.83 Å². The van der Waals surface area contributed by atoms with Gasteiger partial charge in [-0.15, -0.1) is 0 Å². The van der Waals surface area contributed by atoms with Gasteiger partial charge >= 0.3 is 0 Å². The smallest absolute Gasteiger partial charge is 0.160 e. The highest BCUT2D eigenvalue weighted by atomic mass is 16.3. The Bertz CT molecular complexity index is 3750. The normalized spacial score (nSPS) is 16.3. The van der Waals surface area contributed by atoms with E-state index in [0.717, 1.165) is 102 Å². The Hall–Kier alpha value is -8.08. The fourth-order valence-electron chi connectivity index (χ4n) is 9.95. The van der Waals surface area contributed by atoms with Crippen LogP contribution in [0.25, 0.3) is 105 Å². The van der Waals surface area contributed by atoms with E-state index in [1.165, 1.54) is 44.2 Å². The molecule has 0 spiro atoms. The Morgan fingerprint density at radius 1 is 0.349 bits per heavy atom. The molecule has 13 rings (SSSR count). The second-order valence-corrected chi connectivity index (χ2v) is 16.7.